The van der Waals surface area contributed by atoms with Crippen molar-refractivity contribution in [3.8, 4) is 23.1 Å². The number of piperidine rings is 1. The highest BCUT2D eigenvalue weighted by atomic mass is 16.5. The third-order valence-electron chi connectivity index (χ3n) is 6.21. The Kier molecular flexibility index (Phi) is 5.96. The molecule has 0 unspecified atom stereocenters. The summed E-state index contributed by atoms with van der Waals surface area (Å²) in [5, 5.41) is 1.83. The third-order valence-corrected chi connectivity index (χ3v) is 6.21. The maximum absolute atomic E-state index is 6.18. The van der Waals surface area contributed by atoms with Crippen molar-refractivity contribution in [2.24, 2.45) is 5.92 Å². The Labute approximate surface area is 193 Å². The smallest absolute Gasteiger partial charge is 0.230 e. The first-order valence-corrected chi connectivity index (χ1v) is 11.3. The van der Waals surface area contributed by atoms with Crippen LogP contribution in [0.1, 0.15) is 18.5 Å². The van der Waals surface area contributed by atoms with Crippen molar-refractivity contribution in [1.29, 1.82) is 0 Å². The molecule has 1 aliphatic heterocycles. The zero-order chi connectivity index (χ0) is 22.8. The predicted octanol–water partition coefficient (Wildman–Crippen LogP) is 5.01. The van der Waals surface area contributed by atoms with Crippen molar-refractivity contribution in [3.63, 3.8) is 0 Å². The number of aryl methyl sites for hydroxylation is 1. The van der Waals surface area contributed by atoms with Crippen LogP contribution in [0.2, 0.25) is 0 Å². The standard InChI is InChI=1S/C26H28N4O3/c1-17-4-5-19-6-7-20(12-22(19)29-17)33-26-21-13-24(31-3)25(14-23(21)27-16-28-26)32-15-18-8-10-30(2)11-9-18/h4-7,12-14,16,18H,8-11,15H2,1-3H3. The van der Waals surface area contributed by atoms with E-state index in [2.05, 4.69) is 33.0 Å². The zero-order valence-electron chi connectivity index (χ0n) is 19.2. The lowest BCUT2D eigenvalue weighted by Crippen LogP contribution is -2.32. The Hall–Kier alpha value is -3.45. The van der Waals surface area contributed by atoms with E-state index >= 15 is 0 Å². The summed E-state index contributed by atoms with van der Waals surface area (Å²) in [6, 6.07) is 13.7. The van der Waals surface area contributed by atoms with Gasteiger partial charge in [0.25, 0.3) is 0 Å². The SMILES string of the molecule is COc1cc2c(Oc3ccc4ccc(C)nc4c3)ncnc2cc1OCC1CCN(C)CC1. The topological polar surface area (TPSA) is 69.6 Å². The number of hydrogen-bond donors (Lipinski definition) is 0. The second-order valence-corrected chi connectivity index (χ2v) is 8.67. The first-order valence-electron chi connectivity index (χ1n) is 11.3. The molecular formula is C26H28N4O3. The van der Waals surface area contributed by atoms with Gasteiger partial charge in [0.15, 0.2) is 11.5 Å². The molecule has 1 fully saturated rings. The third kappa shape index (κ3) is 4.68. The van der Waals surface area contributed by atoms with E-state index in [1.54, 1.807) is 7.11 Å². The summed E-state index contributed by atoms with van der Waals surface area (Å²) in [7, 11) is 3.81. The summed E-state index contributed by atoms with van der Waals surface area (Å²) in [5.41, 5.74) is 2.59. The number of ether oxygens (including phenoxy) is 3. The van der Waals surface area contributed by atoms with Crippen molar-refractivity contribution in [1.82, 2.24) is 19.9 Å². The Morgan fingerprint density at radius 3 is 2.61 bits per heavy atom. The van der Waals surface area contributed by atoms with Crippen molar-refractivity contribution < 1.29 is 14.2 Å². The van der Waals surface area contributed by atoms with Gasteiger partial charge >= 0.3 is 0 Å². The number of hydrogen-bond acceptors (Lipinski definition) is 7. The lowest BCUT2D eigenvalue weighted by molar-refractivity contribution is 0.157. The fraction of sp³-hybridized carbons (Fsp3) is 0.346. The summed E-state index contributed by atoms with van der Waals surface area (Å²) in [4.78, 5) is 15.8. The van der Waals surface area contributed by atoms with Gasteiger partial charge in [-0.3, -0.25) is 4.98 Å². The van der Waals surface area contributed by atoms with Gasteiger partial charge in [0.05, 0.1) is 30.1 Å². The van der Waals surface area contributed by atoms with Gasteiger partial charge < -0.3 is 19.1 Å². The Morgan fingerprint density at radius 2 is 1.79 bits per heavy atom. The lowest BCUT2D eigenvalue weighted by atomic mass is 9.98. The molecule has 1 aliphatic rings. The zero-order valence-corrected chi connectivity index (χ0v) is 19.2. The van der Waals surface area contributed by atoms with Gasteiger partial charge in [0.1, 0.15) is 12.1 Å². The highest BCUT2D eigenvalue weighted by Crippen LogP contribution is 2.37. The second kappa shape index (κ2) is 9.19. The minimum Gasteiger partial charge on any atom is -0.493 e. The van der Waals surface area contributed by atoms with Gasteiger partial charge in [-0.2, -0.15) is 0 Å². The van der Waals surface area contributed by atoms with Gasteiger partial charge in [0, 0.05) is 23.2 Å². The molecule has 0 N–H and O–H groups in total. The number of fused-ring (bicyclic) bond motifs is 2. The summed E-state index contributed by atoms with van der Waals surface area (Å²) >= 11 is 0. The molecule has 0 atom stereocenters. The van der Waals surface area contributed by atoms with E-state index in [4.69, 9.17) is 14.2 Å². The fourth-order valence-electron chi connectivity index (χ4n) is 4.20. The second-order valence-electron chi connectivity index (χ2n) is 8.67. The van der Waals surface area contributed by atoms with Crippen LogP contribution in [0.25, 0.3) is 21.8 Å². The number of likely N-dealkylation sites (tertiary alicyclic amines) is 1. The molecule has 7 nitrogen and oxygen atoms in total. The Bertz CT molecular complexity index is 1290. The molecule has 2 aromatic carbocycles. The molecule has 170 valence electrons. The minimum atomic E-state index is 0.465. The predicted molar refractivity (Wildman–Crippen MR) is 128 cm³/mol. The molecular weight excluding hydrogens is 416 g/mol. The molecule has 0 bridgehead atoms. The van der Waals surface area contributed by atoms with Crippen LogP contribution < -0.4 is 14.2 Å². The monoisotopic (exact) mass is 444 g/mol. The number of rotatable bonds is 6. The molecule has 0 radical (unpaired) electrons. The van der Waals surface area contributed by atoms with Gasteiger partial charge in [-0.05, 0) is 70.1 Å². The molecule has 0 aliphatic carbocycles. The molecule has 1 saturated heterocycles. The van der Waals surface area contributed by atoms with Crippen LogP contribution in [0.4, 0.5) is 0 Å². The number of aromatic nitrogens is 3. The highest BCUT2D eigenvalue weighted by molar-refractivity contribution is 5.87. The van der Waals surface area contributed by atoms with Crippen molar-refractivity contribution in [2.75, 3.05) is 33.9 Å². The Morgan fingerprint density at radius 1 is 0.970 bits per heavy atom. The maximum Gasteiger partial charge on any atom is 0.230 e. The average Bonchev–Trinajstić information content (AvgIpc) is 2.83. The minimum absolute atomic E-state index is 0.465. The van der Waals surface area contributed by atoms with E-state index < -0.39 is 0 Å². The van der Waals surface area contributed by atoms with Gasteiger partial charge in [0.2, 0.25) is 5.88 Å². The van der Waals surface area contributed by atoms with Crippen molar-refractivity contribution in [3.05, 3.63) is 54.5 Å². The largest absolute Gasteiger partial charge is 0.493 e. The quantitative estimate of drug-likeness (QED) is 0.414. The molecule has 0 spiro atoms. The van der Waals surface area contributed by atoms with Gasteiger partial charge in [-0.15, -0.1) is 0 Å². The molecule has 5 rings (SSSR count). The average molecular weight is 445 g/mol. The van der Waals surface area contributed by atoms with E-state index in [1.165, 1.54) is 6.33 Å². The van der Waals surface area contributed by atoms with Gasteiger partial charge in [-0.1, -0.05) is 6.07 Å². The number of methoxy groups -OCH3 is 1. The normalized spacial score (nSPS) is 15.1. The first kappa shape index (κ1) is 21.4. The summed E-state index contributed by atoms with van der Waals surface area (Å²) in [6.07, 6.45) is 3.80. The summed E-state index contributed by atoms with van der Waals surface area (Å²) in [6.45, 7) is 4.87. The molecule has 4 aromatic rings. The molecule has 0 saturated carbocycles. The van der Waals surface area contributed by atoms with E-state index in [0.717, 1.165) is 53.4 Å². The number of pyridine rings is 1. The van der Waals surface area contributed by atoms with E-state index in [0.29, 0.717) is 35.7 Å². The summed E-state index contributed by atoms with van der Waals surface area (Å²) < 4.78 is 18.0. The first-order chi connectivity index (χ1) is 16.1. The van der Waals surface area contributed by atoms with Gasteiger partial charge in [-0.25, -0.2) is 9.97 Å². The molecule has 0 amide bonds. The molecule has 2 aromatic heterocycles. The van der Waals surface area contributed by atoms with Crippen LogP contribution in [-0.2, 0) is 0 Å². The van der Waals surface area contributed by atoms with E-state index in [9.17, 15) is 0 Å². The van der Waals surface area contributed by atoms with Crippen molar-refractivity contribution in [2.45, 2.75) is 19.8 Å². The van der Waals surface area contributed by atoms with Crippen LogP contribution in [0.5, 0.6) is 23.1 Å². The molecule has 7 heteroatoms. The summed E-state index contributed by atoms with van der Waals surface area (Å²) in [5.74, 6) is 3.02. The number of nitrogens with zero attached hydrogens (tertiary/aromatic N) is 4. The molecule has 3 heterocycles. The highest BCUT2D eigenvalue weighted by Gasteiger charge is 2.19. The maximum atomic E-state index is 6.18. The van der Waals surface area contributed by atoms with E-state index in [1.807, 2.05) is 43.3 Å². The van der Waals surface area contributed by atoms with Crippen molar-refractivity contribution >= 4 is 21.8 Å². The van der Waals surface area contributed by atoms with E-state index in [-0.39, 0.29) is 0 Å². The lowest BCUT2D eigenvalue weighted by Gasteiger charge is -2.28. The Balaban J connectivity index is 1.41. The fourth-order valence-corrected chi connectivity index (χ4v) is 4.20. The molecule has 33 heavy (non-hydrogen) atoms. The van der Waals surface area contributed by atoms with Crippen LogP contribution in [-0.4, -0.2) is 53.7 Å². The van der Waals surface area contributed by atoms with Crippen LogP contribution in [0.15, 0.2) is 48.8 Å². The van der Waals surface area contributed by atoms with Crippen LogP contribution in [0.3, 0.4) is 0 Å². The van der Waals surface area contributed by atoms with Crippen LogP contribution in [0, 0.1) is 12.8 Å². The number of benzene rings is 2. The van der Waals surface area contributed by atoms with Crippen LogP contribution >= 0.6 is 0 Å².